The molecule has 0 saturated carbocycles. The van der Waals surface area contributed by atoms with E-state index in [0.717, 1.165) is 0 Å². The Morgan fingerprint density at radius 2 is 2.18 bits per heavy atom. The first-order chi connectivity index (χ1) is 8.06. The van der Waals surface area contributed by atoms with Crippen molar-refractivity contribution in [2.24, 2.45) is 0 Å². The Balaban J connectivity index is 2.96. The van der Waals surface area contributed by atoms with Gasteiger partial charge in [-0.1, -0.05) is 17.9 Å². The van der Waals surface area contributed by atoms with Crippen LogP contribution in [0.4, 0.5) is 5.69 Å². The van der Waals surface area contributed by atoms with E-state index >= 15 is 0 Å². The molecule has 5 nitrogen and oxygen atoms in total. The van der Waals surface area contributed by atoms with Crippen LogP contribution in [0.2, 0.25) is 0 Å². The Labute approximate surface area is 98.2 Å². The SMILES string of the molecule is COC(=O)CC#Cc1cccc(C(=O)O)c1N. The molecule has 1 rings (SSSR count). The number of anilines is 1. The summed E-state index contributed by atoms with van der Waals surface area (Å²) < 4.78 is 4.41. The van der Waals surface area contributed by atoms with Gasteiger partial charge in [0.1, 0.15) is 6.42 Å². The molecule has 88 valence electrons. The number of benzene rings is 1. The molecule has 5 heteroatoms. The van der Waals surface area contributed by atoms with Crippen LogP contribution in [-0.2, 0) is 9.53 Å². The minimum atomic E-state index is -1.11. The molecule has 0 saturated heterocycles. The Morgan fingerprint density at radius 1 is 1.47 bits per heavy atom. The summed E-state index contributed by atoms with van der Waals surface area (Å²) in [7, 11) is 1.27. The zero-order valence-corrected chi connectivity index (χ0v) is 9.19. The van der Waals surface area contributed by atoms with Gasteiger partial charge in [0.05, 0.1) is 18.4 Å². The van der Waals surface area contributed by atoms with Crippen LogP contribution in [0.1, 0.15) is 22.3 Å². The number of methoxy groups -OCH3 is 1. The third-order valence-electron chi connectivity index (χ3n) is 2.02. The third-order valence-corrected chi connectivity index (χ3v) is 2.02. The zero-order valence-electron chi connectivity index (χ0n) is 9.19. The maximum Gasteiger partial charge on any atom is 0.337 e. The molecule has 0 aliphatic heterocycles. The second kappa shape index (κ2) is 5.56. The number of ether oxygens (including phenoxy) is 1. The van der Waals surface area contributed by atoms with Crippen LogP contribution >= 0.6 is 0 Å². The lowest BCUT2D eigenvalue weighted by atomic mass is 10.1. The van der Waals surface area contributed by atoms with Gasteiger partial charge in [0.25, 0.3) is 0 Å². The van der Waals surface area contributed by atoms with E-state index in [4.69, 9.17) is 10.8 Å². The lowest BCUT2D eigenvalue weighted by Gasteiger charge is -2.02. The number of carbonyl (C=O) groups is 2. The Morgan fingerprint density at radius 3 is 2.76 bits per heavy atom. The number of carboxylic acid groups (broad SMARTS) is 1. The number of carbonyl (C=O) groups excluding carboxylic acids is 1. The summed E-state index contributed by atoms with van der Waals surface area (Å²) in [6.07, 6.45) is -0.0623. The first-order valence-electron chi connectivity index (χ1n) is 4.73. The fourth-order valence-electron chi connectivity index (χ4n) is 1.14. The van der Waals surface area contributed by atoms with Crippen molar-refractivity contribution in [1.29, 1.82) is 0 Å². The standard InChI is InChI=1S/C12H11NO4/c1-17-10(14)7-3-5-8-4-2-6-9(11(8)13)12(15)16/h2,4,6H,7,13H2,1H3,(H,15,16). The highest BCUT2D eigenvalue weighted by molar-refractivity contribution is 5.95. The smallest absolute Gasteiger partial charge is 0.337 e. The van der Waals surface area contributed by atoms with E-state index in [2.05, 4.69) is 16.6 Å². The third kappa shape index (κ3) is 3.24. The molecular formula is C12H11NO4. The van der Waals surface area contributed by atoms with Gasteiger partial charge in [-0.2, -0.15) is 0 Å². The molecule has 0 aromatic heterocycles. The molecule has 1 aromatic rings. The van der Waals surface area contributed by atoms with Crippen molar-refractivity contribution in [3.63, 3.8) is 0 Å². The molecule has 0 heterocycles. The van der Waals surface area contributed by atoms with E-state index in [9.17, 15) is 9.59 Å². The predicted octanol–water partition coefficient (Wildman–Crippen LogP) is 0.882. The van der Waals surface area contributed by atoms with Crippen LogP contribution < -0.4 is 5.73 Å². The van der Waals surface area contributed by atoms with E-state index in [0.29, 0.717) is 5.56 Å². The fourth-order valence-corrected chi connectivity index (χ4v) is 1.14. The predicted molar refractivity (Wildman–Crippen MR) is 61.3 cm³/mol. The number of nitrogen functional groups attached to an aromatic ring is 1. The van der Waals surface area contributed by atoms with Gasteiger partial charge >= 0.3 is 11.9 Å². The summed E-state index contributed by atoms with van der Waals surface area (Å²) in [4.78, 5) is 21.6. The number of hydrogen-bond acceptors (Lipinski definition) is 4. The normalized spacial score (nSPS) is 9.00. The minimum Gasteiger partial charge on any atom is -0.478 e. The van der Waals surface area contributed by atoms with Crippen LogP contribution in [0.3, 0.4) is 0 Å². The summed E-state index contributed by atoms with van der Waals surface area (Å²) in [5, 5.41) is 8.84. The van der Waals surface area contributed by atoms with Crippen LogP contribution in [0.5, 0.6) is 0 Å². The second-order valence-electron chi connectivity index (χ2n) is 3.13. The fraction of sp³-hybridized carbons (Fsp3) is 0.167. The lowest BCUT2D eigenvalue weighted by Crippen LogP contribution is -2.04. The summed E-state index contributed by atoms with van der Waals surface area (Å²) in [5.74, 6) is 3.63. The van der Waals surface area contributed by atoms with E-state index in [1.807, 2.05) is 0 Å². The zero-order chi connectivity index (χ0) is 12.8. The number of esters is 1. The average Bonchev–Trinajstić information content (AvgIpc) is 2.30. The highest BCUT2D eigenvalue weighted by Gasteiger charge is 2.09. The number of rotatable bonds is 2. The summed E-state index contributed by atoms with van der Waals surface area (Å²) in [5.41, 5.74) is 6.11. The molecular weight excluding hydrogens is 222 g/mol. The average molecular weight is 233 g/mol. The summed E-state index contributed by atoms with van der Waals surface area (Å²) >= 11 is 0. The number of aromatic carboxylic acids is 1. The first-order valence-corrected chi connectivity index (χ1v) is 4.73. The van der Waals surface area contributed by atoms with Crippen LogP contribution in [-0.4, -0.2) is 24.2 Å². The van der Waals surface area contributed by atoms with E-state index in [-0.39, 0.29) is 17.7 Å². The summed E-state index contributed by atoms with van der Waals surface area (Å²) in [6.45, 7) is 0. The second-order valence-corrected chi connectivity index (χ2v) is 3.13. The van der Waals surface area contributed by atoms with E-state index in [1.54, 1.807) is 12.1 Å². The van der Waals surface area contributed by atoms with Gasteiger partial charge in [-0.25, -0.2) is 4.79 Å². The number of nitrogens with two attached hydrogens (primary N) is 1. The molecule has 0 amide bonds. The molecule has 0 spiro atoms. The molecule has 0 unspecified atom stereocenters. The van der Waals surface area contributed by atoms with Gasteiger partial charge in [-0.05, 0) is 12.1 Å². The number of hydrogen-bond donors (Lipinski definition) is 2. The van der Waals surface area contributed by atoms with Crippen molar-refractivity contribution in [2.45, 2.75) is 6.42 Å². The van der Waals surface area contributed by atoms with Crippen LogP contribution in [0.25, 0.3) is 0 Å². The molecule has 3 N–H and O–H groups in total. The monoisotopic (exact) mass is 233 g/mol. The Hall–Kier alpha value is -2.48. The highest BCUT2D eigenvalue weighted by Crippen LogP contribution is 2.16. The largest absolute Gasteiger partial charge is 0.478 e. The van der Waals surface area contributed by atoms with Crippen molar-refractivity contribution in [2.75, 3.05) is 12.8 Å². The van der Waals surface area contributed by atoms with Gasteiger partial charge in [0.2, 0.25) is 0 Å². The van der Waals surface area contributed by atoms with E-state index in [1.165, 1.54) is 13.2 Å². The maximum atomic E-state index is 10.8. The van der Waals surface area contributed by atoms with Crippen molar-refractivity contribution in [3.8, 4) is 11.8 Å². The first kappa shape index (κ1) is 12.6. The summed E-state index contributed by atoms with van der Waals surface area (Å²) in [6, 6.07) is 4.52. The van der Waals surface area contributed by atoms with Crippen molar-refractivity contribution < 1.29 is 19.4 Å². The van der Waals surface area contributed by atoms with Crippen molar-refractivity contribution >= 4 is 17.6 Å². The Kier molecular flexibility index (Phi) is 4.12. The molecule has 0 aliphatic carbocycles. The number of carboxylic acids is 1. The lowest BCUT2D eigenvalue weighted by molar-refractivity contribution is -0.139. The van der Waals surface area contributed by atoms with Gasteiger partial charge in [-0.3, -0.25) is 4.79 Å². The Bertz CT molecular complexity index is 511. The maximum absolute atomic E-state index is 10.8. The van der Waals surface area contributed by atoms with Gasteiger partial charge < -0.3 is 15.6 Å². The van der Waals surface area contributed by atoms with Gasteiger partial charge in [0.15, 0.2) is 0 Å². The minimum absolute atomic E-state index is 0.00475. The molecule has 0 fully saturated rings. The van der Waals surface area contributed by atoms with Crippen molar-refractivity contribution in [3.05, 3.63) is 29.3 Å². The quantitative estimate of drug-likeness (QED) is 0.449. The van der Waals surface area contributed by atoms with Gasteiger partial charge in [0, 0.05) is 5.56 Å². The molecule has 0 atom stereocenters. The topological polar surface area (TPSA) is 89.6 Å². The van der Waals surface area contributed by atoms with Crippen LogP contribution in [0, 0.1) is 11.8 Å². The molecule has 1 aromatic carbocycles. The van der Waals surface area contributed by atoms with Crippen molar-refractivity contribution in [1.82, 2.24) is 0 Å². The number of para-hydroxylation sites is 1. The molecule has 0 bridgehead atoms. The van der Waals surface area contributed by atoms with Gasteiger partial charge in [-0.15, -0.1) is 0 Å². The molecule has 17 heavy (non-hydrogen) atoms. The highest BCUT2D eigenvalue weighted by atomic mass is 16.5. The van der Waals surface area contributed by atoms with E-state index < -0.39 is 11.9 Å². The van der Waals surface area contributed by atoms with Crippen LogP contribution in [0.15, 0.2) is 18.2 Å². The molecule has 0 aliphatic rings. The molecule has 0 radical (unpaired) electrons.